The molecule has 0 bridgehead atoms. The number of aromatic nitrogens is 3. The number of nitrogens with zero attached hydrogens (tertiary/aromatic N) is 5. The molecule has 1 N–H and O–H groups in total. The van der Waals surface area contributed by atoms with E-state index >= 15 is 0 Å². The average Bonchev–Trinajstić information content (AvgIpc) is 3.63. The van der Waals surface area contributed by atoms with Gasteiger partial charge in [0.25, 0.3) is 5.91 Å². The lowest BCUT2D eigenvalue weighted by Crippen LogP contribution is -2.57. The Labute approximate surface area is 274 Å². The number of benzene rings is 2. The topological polar surface area (TPSA) is 139 Å². The first-order valence-corrected chi connectivity index (χ1v) is 16.3. The van der Waals surface area contributed by atoms with E-state index < -0.39 is 29.5 Å². The summed E-state index contributed by atoms with van der Waals surface area (Å²) in [6, 6.07) is 14.6. The minimum absolute atomic E-state index is 0.194. The van der Waals surface area contributed by atoms with Crippen LogP contribution in [0.4, 0.5) is 5.69 Å². The number of amides is 1. The van der Waals surface area contributed by atoms with E-state index in [0.717, 1.165) is 30.9 Å². The van der Waals surface area contributed by atoms with Gasteiger partial charge in [-0.05, 0) is 102 Å². The van der Waals surface area contributed by atoms with Crippen molar-refractivity contribution < 1.29 is 28.5 Å². The van der Waals surface area contributed by atoms with Crippen LogP contribution < -0.4 is 10.1 Å². The van der Waals surface area contributed by atoms with Crippen LogP contribution >= 0.6 is 0 Å². The molecule has 3 aromatic rings. The van der Waals surface area contributed by atoms with Crippen molar-refractivity contribution >= 4 is 11.6 Å². The number of hydrogen-bond acceptors (Lipinski definition) is 11. The monoisotopic (exact) mass is 648 g/mol. The number of fused-ring (bicyclic) bond motifs is 1. The molecule has 252 valence electrons. The van der Waals surface area contributed by atoms with Gasteiger partial charge in [-0.1, -0.05) is 23.8 Å². The zero-order valence-electron chi connectivity index (χ0n) is 27.5. The number of anilines is 1. The third kappa shape index (κ3) is 8.04. The number of piperidine rings is 1. The predicted molar refractivity (Wildman–Crippen MR) is 174 cm³/mol. The average molecular weight is 649 g/mol. The summed E-state index contributed by atoms with van der Waals surface area (Å²) in [5.41, 5.74) is 1.44. The Morgan fingerprint density at radius 2 is 1.83 bits per heavy atom. The summed E-state index contributed by atoms with van der Waals surface area (Å²) in [6.45, 7) is 11.2. The number of nitrogens with one attached hydrogen (secondary N) is 1. The SMILES string of the molecule is CC(C)(N=O)O[C@@H]1CCOC2(Cn3cc(-c4ccc(NC(=O)c5ccc(OCCN6CCCCC6)cc5)cc4)nn3)OC(C)(C)O[C@@H]12. The molecule has 0 spiro atoms. The summed E-state index contributed by atoms with van der Waals surface area (Å²) >= 11 is 0. The van der Waals surface area contributed by atoms with Crippen LogP contribution in [0.25, 0.3) is 11.3 Å². The molecule has 0 saturated carbocycles. The molecule has 3 saturated heterocycles. The maximum absolute atomic E-state index is 12.9. The lowest BCUT2D eigenvalue weighted by molar-refractivity contribution is -0.289. The maximum atomic E-state index is 12.9. The van der Waals surface area contributed by atoms with Gasteiger partial charge in [-0.3, -0.25) is 9.69 Å². The smallest absolute Gasteiger partial charge is 0.255 e. The van der Waals surface area contributed by atoms with E-state index in [4.69, 9.17) is 23.7 Å². The van der Waals surface area contributed by atoms with Crippen molar-refractivity contribution in [3.63, 3.8) is 0 Å². The molecule has 3 fully saturated rings. The summed E-state index contributed by atoms with van der Waals surface area (Å²) in [5.74, 6) is -1.59. The Balaban J connectivity index is 1.05. The number of carbonyl (C=O) groups excluding carboxylic acids is 1. The number of ether oxygens (including phenoxy) is 5. The highest BCUT2D eigenvalue weighted by Gasteiger charge is 2.60. The van der Waals surface area contributed by atoms with Gasteiger partial charge in [0.05, 0.1) is 25.5 Å². The van der Waals surface area contributed by atoms with E-state index in [2.05, 4.69) is 25.7 Å². The van der Waals surface area contributed by atoms with Gasteiger partial charge in [-0.2, -0.15) is 0 Å². The minimum Gasteiger partial charge on any atom is -0.492 e. The molecule has 3 aliphatic heterocycles. The number of hydrogen-bond donors (Lipinski definition) is 1. The van der Waals surface area contributed by atoms with E-state index in [1.165, 1.54) is 19.3 Å². The van der Waals surface area contributed by atoms with Crippen molar-refractivity contribution in [2.45, 2.75) is 89.4 Å². The van der Waals surface area contributed by atoms with Crippen molar-refractivity contribution in [2.75, 3.05) is 38.2 Å². The zero-order chi connectivity index (χ0) is 33.1. The first-order valence-electron chi connectivity index (χ1n) is 16.3. The molecule has 47 heavy (non-hydrogen) atoms. The van der Waals surface area contributed by atoms with Crippen molar-refractivity contribution in [3.8, 4) is 17.0 Å². The summed E-state index contributed by atoms with van der Waals surface area (Å²) < 4.78 is 32.3. The Morgan fingerprint density at radius 1 is 1.09 bits per heavy atom. The number of carbonyl (C=O) groups is 1. The first kappa shape index (κ1) is 33.2. The molecular formula is C34H44N6O7. The second-order valence-electron chi connectivity index (χ2n) is 13.3. The Morgan fingerprint density at radius 3 is 2.55 bits per heavy atom. The van der Waals surface area contributed by atoms with Crippen molar-refractivity contribution in [1.82, 2.24) is 19.9 Å². The van der Waals surface area contributed by atoms with Crippen LogP contribution in [-0.2, 0) is 25.5 Å². The van der Waals surface area contributed by atoms with Crippen LogP contribution in [0.2, 0.25) is 0 Å². The van der Waals surface area contributed by atoms with Gasteiger partial charge < -0.3 is 29.0 Å². The van der Waals surface area contributed by atoms with Gasteiger partial charge in [-0.25, -0.2) is 4.68 Å². The Bertz CT molecular complexity index is 1520. The standard InChI is InChI=1S/C34H44N6O7/c1-32(2,37-42)45-29-16-20-44-34(30(29)46-33(3,4)47-34)23-40-22-28(36-38-40)24-8-12-26(13-9-24)35-31(41)25-10-14-27(15-11-25)43-21-19-39-17-6-5-7-18-39/h8-15,22,29-30H,5-7,16-21,23H2,1-4H3,(H,35,41)/t29-,30+,34?/m1/s1. The zero-order valence-corrected chi connectivity index (χ0v) is 27.5. The van der Waals surface area contributed by atoms with Crippen LogP contribution in [0.1, 0.15) is 63.7 Å². The van der Waals surface area contributed by atoms with Crippen LogP contribution in [0.5, 0.6) is 5.75 Å². The summed E-state index contributed by atoms with van der Waals surface area (Å²) in [7, 11) is 0. The largest absolute Gasteiger partial charge is 0.492 e. The van der Waals surface area contributed by atoms with E-state index in [9.17, 15) is 9.70 Å². The minimum atomic E-state index is -1.22. The summed E-state index contributed by atoms with van der Waals surface area (Å²) in [4.78, 5) is 26.7. The molecule has 6 rings (SSSR count). The van der Waals surface area contributed by atoms with Crippen LogP contribution in [0.15, 0.2) is 59.9 Å². The van der Waals surface area contributed by atoms with Gasteiger partial charge in [-0.15, -0.1) is 10.0 Å². The van der Waals surface area contributed by atoms with E-state index in [-0.39, 0.29) is 12.5 Å². The molecule has 3 aliphatic rings. The van der Waals surface area contributed by atoms with E-state index in [1.54, 1.807) is 36.9 Å². The highest BCUT2D eigenvalue weighted by atomic mass is 16.8. The van der Waals surface area contributed by atoms with Crippen LogP contribution in [-0.4, -0.2) is 88.2 Å². The molecule has 13 nitrogen and oxygen atoms in total. The lowest BCUT2D eigenvalue weighted by Gasteiger charge is -2.41. The van der Waals surface area contributed by atoms with Crippen molar-refractivity contribution in [1.29, 1.82) is 0 Å². The molecule has 1 amide bonds. The van der Waals surface area contributed by atoms with E-state index in [0.29, 0.717) is 36.6 Å². The highest BCUT2D eigenvalue weighted by Crippen LogP contribution is 2.45. The maximum Gasteiger partial charge on any atom is 0.255 e. The Kier molecular flexibility index (Phi) is 9.72. The third-order valence-electron chi connectivity index (χ3n) is 8.61. The highest BCUT2D eigenvalue weighted by molar-refractivity contribution is 6.04. The molecule has 13 heteroatoms. The molecule has 3 atom stereocenters. The summed E-state index contributed by atoms with van der Waals surface area (Å²) in [6.07, 6.45) is 5.08. The quantitative estimate of drug-likeness (QED) is 0.260. The molecule has 0 aliphatic carbocycles. The number of rotatable bonds is 12. The van der Waals surface area contributed by atoms with Crippen molar-refractivity contribution in [3.05, 3.63) is 65.2 Å². The molecular weight excluding hydrogens is 604 g/mol. The van der Waals surface area contributed by atoms with Crippen LogP contribution in [0.3, 0.4) is 0 Å². The first-order chi connectivity index (χ1) is 22.5. The third-order valence-corrected chi connectivity index (χ3v) is 8.61. The van der Waals surface area contributed by atoms with Gasteiger partial charge in [0.1, 0.15) is 24.2 Å². The normalized spacial score (nSPS) is 24.4. The fourth-order valence-corrected chi connectivity index (χ4v) is 6.38. The molecule has 0 radical (unpaired) electrons. The predicted octanol–water partition coefficient (Wildman–Crippen LogP) is 5.22. The number of likely N-dealkylation sites (tertiary alicyclic amines) is 1. The van der Waals surface area contributed by atoms with Gasteiger partial charge in [0.2, 0.25) is 5.79 Å². The fourth-order valence-electron chi connectivity index (χ4n) is 6.38. The number of nitroso groups, excluding NO2 is 1. The van der Waals surface area contributed by atoms with Crippen molar-refractivity contribution in [2.24, 2.45) is 5.18 Å². The van der Waals surface area contributed by atoms with Gasteiger partial charge >= 0.3 is 0 Å². The molecule has 1 aromatic heterocycles. The fraction of sp³-hybridized carbons (Fsp3) is 0.559. The Hall–Kier alpha value is -3.75. The lowest BCUT2D eigenvalue weighted by atomic mass is 9.98. The summed E-state index contributed by atoms with van der Waals surface area (Å²) in [5, 5.41) is 14.7. The second-order valence-corrected chi connectivity index (χ2v) is 13.3. The van der Waals surface area contributed by atoms with E-state index in [1.807, 2.05) is 50.2 Å². The van der Waals surface area contributed by atoms with Crippen LogP contribution in [0, 0.1) is 4.91 Å². The van der Waals surface area contributed by atoms with Gasteiger partial charge in [0, 0.05) is 23.4 Å². The van der Waals surface area contributed by atoms with Gasteiger partial charge in [0.15, 0.2) is 11.5 Å². The molecule has 4 heterocycles. The second kappa shape index (κ2) is 13.8. The molecule has 2 aromatic carbocycles. The molecule has 1 unspecified atom stereocenters.